The van der Waals surface area contributed by atoms with Gasteiger partial charge < -0.3 is 9.47 Å². The molecule has 1 saturated heterocycles. The Balaban J connectivity index is 1.72. The van der Waals surface area contributed by atoms with Gasteiger partial charge in [-0.2, -0.15) is 0 Å². The van der Waals surface area contributed by atoms with Gasteiger partial charge in [-0.3, -0.25) is 4.79 Å². The lowest BCUT2D eigenvalue weighted by molar-refractivity contribution is -0.150. The molecule has 0 radical (unpaired) electrons. The molecule has 0 aromatic heterocycles. The van der Waals surface area contributed by atoms with Crippen molar-refractivity contribution in [1.29, 1.82) is 0 Å². The summed E-state index contributed by atoms with van der Waals surface area (Å²) in [6.45, 7) is 2.15. The third-order valence-electron chi connectivity index (χ3n) is 6.42. The Morgan fingerprint density at radius 3 is 1.69 bits per heavy atom. The lowest BCUT2D eigenvalue weighted by atomic mass is 9.93. The normalized spacial score (nSPS) is 20.1. The molecule has 0 aliphatic carbocycles. The number of nitrogens with zero attached hydrogens (tertiary/aromatic N) is 1. The van der Waals surface area contributed by atoms with E-state index in [9.17, 15) is 4.79 Å². The molecular weight excluding hydrogens is 434 g/mol. The van der Waals surface area contributed by atoms with Crippen molar-refractivity contribution in [1.82, 2.24) is 4.90 Å². The second kappa shape index (κ2) is 10.7. The van der Waals surface area contributed by atoms with E-state index in [0.29, 0.717) is 6.61 Å². The van der Waals surface area contributed by atoms with Crippen molar-refractivity contribution in [2.75, 3.05) is 6.61 Å². The van der Waals surface area contributed by atoms with Crippen molar-refractivity contribution in [2.45, 2.75) is 31.3 Å². The van der Waals surface area contributed by atoms with Gasteiger partial charge in [-0.05, 0) is 29.2 Å². The molecule has 4 heteroatoms. The van der Waals surface area contributed by atoms with Crippen molar-refractivity contribution >= 4 is 5.97 Å². The maximum absolute atomic E-state index is 13.6. The van der Waals surface area contributed by atoms with Crippen LogP contribution >= 0.6 is 0 Å². The number of rotatable bonds is 7. The standard InChI is InChI=1S/C31H29NO3/c1-2-34-31(33)28-29(25-19-11-5-12-20-25)35-30(26-21-13-6-14-22-26)32(28)27(23-15-7-3-8-16-23)24-17-9-4-10-18-24/h3-22,27-30H,2H2,1H3/t28-,29-,30-/m0/s1. The van der Waals surface area contributed by atoms with E-state index in [0.717, 1.165) is 22.3 Å². The van der Waals surface area contributed by atoms with E-state index in [1.807, 2.05) is 91.9 Å². The van der Waals surface area contributed by atoms with Crippen LogP contribution in [0.4, 0.5) is 0 Å². The highest BCUT2D eigenvalue weighted by Gasteiger charge is 2.51. The Hall–Kier alpha value is -3.73. The molecule has 35 heavy (non-hydrogen) atoms. The molecule has 3 atom stereocenters. The Bertz CT molecular complexity index is 1180. The summed E-state index contributed by atoms with van der Waals surface area (Å²) in [5, 5.41) is 0. The highest BCUT2D eigenvalue weighted by molar-refractivity contribution is 5.77. The molecule has 0 saturated carbocycles. The highest BCUT2D eigenvalue weighted by atomic mass is 16.6. The summed E-state index contributed by atoms with van der Waals surface area (Å²) in [5.74, 6) is -0.281. The number of esters is 1. The van der Waals surface area contributed by atoms with Crippen LogP contribution in [0.1, 0.15) is 47.6 Å². The van der Waals surface area contributed by atoms with Crippen LogP contribution in [0.15, 0.2) is 121 Å². The SMILES string of the molecule is CCOC(=O)[C@@H]1[C@H](c2ccccc2)O[C@@H](c2ccccc2)N1C(c1ccccc1)c1ccccc1. The first-order chi connectivity index (χ1) is 17.3. The zero-order valence-electron chi connectivity index (χ0n) is 19.7. The number of hydrogen-bond donors (Lipinski definition) is 0. The predicted octanol–water partition coefficient (Wildman–Crippen LogP) is 6.48. The van der Waals surface area contributed by atoms with Crippen LogP contribution in [0.5, 0.6) is 0 Å². The van der Waals surface area contributed by atoms with Crippen LogP contribution in [0.3, 0.4) is 0 Å². The third-order valence-corrected chi connectivity index (χ3v) is 6.42. The smallest absolute Gasteiger partial charge is 0.326 e. The molecule has 5 rings (SSSR count). The van der Waals surface area contributed by atoms with Crippen molar-refractivity contribution in [3.05, 3.63) is 144 Å². The van der Waals surface area contributed by atoms with E-state index in [-0.39, 0.29) is 12.0 Å². The monoisotopic (exact) mass is 463 g/mol. The van der Waals surface area contributed by atoms with Gasteiger partial charge in [0, 0.05) is 0 Å². The summed E-state index contributed by atoms with van der Waals surface area (Å²) >= 11 is 0. The minimum atomic E-state index is -0.632. The first kappa shape index (κ1) is 23.0. The summed E-state index contributed by atoms with van der Waals surface area (Å²) in [7, 11) is 0. The molecular formula is C31H29NO3. The minimum absolute atomic E-state index is 0.217. The molecule has 0 spiro atoms. The highest BCUT2D eigenvalue weighted by Crippen LogP contribution is 2.49. The molecule has 0 bridgehead atoms. The maximum Gasteiger partial charge on any atom is 0.326 e. The summed E-state index contributed by atoms with van der Waals surface area (Å²) < 4.78 is 12.4. The van der Waals surface area contributed by atoms with Crippen LogP contribution < -0.4 is 0 Å². The molecule has 4 aromatic carbocycles. The first-order valence-electron chi connectivity index (χ1n) is 12.1. The molecule has 0 amide bonds. The van der Waals surface area contributed by atoms with E-state index >= 15 is 0 Å². The number of carbonyl (C=O) groups excluding carboxylic acids is 1. The summed E-state index contributed by atoms with van der Waals surface area (Å²) in [6, 6.07) is 39.8. The van der Waals surface area contributed by atoms with Gasteiger partial charge in [0.25, 0.3) is 0 Å². The quantitative estimate of drug-likeness (QED) is 0.294. The lowest BCUT2D eigenvalue weighted by Gasteiger charge is -2.36. The average molecular weight is 464 g/mol. The number of benzene rings is 4. The van der Waals surface area contributed by atoms with Gasteiger partial charge in [-0.25, -0.2) is 4.90 Å². The molecule has 1 aliphatic rings. The van der Waals surface area contributed by atoms with Gasteiger partial charge in [0.2, 0.25) is 0 Å². The first-order valence-corrected chi connectivity index (χ1v) is 12.1. The molecule has 0 unspecified atom stereocenters. The molecule has 0 N–H and O–H groups in total. The molecule has 1 heterocycles. The van der Waals surface area contributed by atoms with E-state index in [1.54, 1.807) is 0 Å². The fourth-order valence-electron chi connectivity index (χ4n) is 4.93. The van der Waals surface area contributed by atoms with Crippen molar-refractivity contribution < 1.29 is 14.3 Å². The fourth-order valence-corrected chi connectivity index (χ4v) is 4.93. The van der Waals surface area contributed by atoms with Crippen LogP contribution in [0.25, 0.3) is 0 Å². The van der Waals surface area contributed by atoms with Gasteiger partial charge in [0.15, 0.2) is 0 Å². The lowest BCUT2D eigenvalue weighted by Crippen LogP contribution is -2.43. The van der Waals surface area contributed by atoms with E-state index in [2.05, 4.69) is 41.3 Å². The average Bonchev–Trinajstić information content (AvgIpc) is 3.31. The predicted molar refractivity (Wildman–Crippen MR) is 136 cm³/mol. The van der Waals surface area contributed by atoms with Gasteiger partial charge in [0.1, 0.15) is 18.4 Å². The zero-order valence-corrected chi connectivity index (χ0v) is 19.7. The van der Waals surface area contributed by atoms with E-state index < -0.39 is 18.4 Å². The Morgan fingerprint density at radius 1 is 0.743 bits per heavy atom. The van der Waals surface area contributed by atoms with Crippen LogP contribution in [-0.4, -0.2) is 23.5 Å². The van der Waals surface area contributed by atoms with Gasteiger partial charge >= 0.3 is 5.97 Å². The molecule has 4 nitrogen and oxygen atoms in total. The summed E-state index contributed by atoms with van der Waals surface area (Å²) in [5.41, 5.74) is 4.13. The summed E-state index contributed by atoms with van der Waals surface area (Å²) in [6.07, 6.45) is -0.920. The molecule has 4 aromatic rings. The Morgan fingerprint density at radius 2 is 1.20 bits per heavy atom. The van der Waals surface area contributed by atoms with Crippen LogP contribution in [-0.2, 0) is 14.3 Å². The van der Waals surface area contributed by atoms with Crippen molar-refractivity contribution in [2.24, 2.45) is 0 Å². The van der Waals surface area contributed by atoms with Crippen LogP contribution in [0.2, 0.25) is 0 Å². The van der Waals surface area contributed by atoms with Crippen LogP contribution in [0, 0.1) is 0 Å². The second-order valence-electron chi connectivity index (χ2n) is 8.60. The third kappa shape index (κ3) is 4.76. The van der Waals surface area contributed by atoms with Gasteiger partial charge in [0.05, 0.1) is 12.6 Å². The van der Waals surface area contributed by atoms with Crippen molar-refractivity contribution in [3.63, 3.8) is 0 Å². The zero-order chi connectivity index (χ0) is 24.0. The van der Waals surface area contributed by atoms with Crippen molar-refractivity contribution in [3.8, 4) is 0 Å². The van der Waals surface area contributed by atoms with Gasteiger partial charge in [-0.1, -0.05) is 121 Å². The second-order valence-corrected chi connectivity index (χ2v) is 8.60. The summed E-state index contributed by atoms with van der Waals surface area (Å²) in [4.78, 5) is 15.8. The largest absolute Gasteiger partial charge is 0.465 e. The molecule has 1 aliphatic heterocycles. The molecule has 1 fully saturated rings. The molecule has 176 valence electrons. The van der Waals surface area contributed by atoms with Gasteiger partial charge in [-0.15, -0.1) is 0 Å². The Kier molecular flexibility index (Phi) is 7.03. The number of ether oxygens (including phenoxy) is 2. The Labute approximate surface area is 206 Å². The number of carbonyl (C=O) groups is 1. The fraction of sp³-hybridized carbons (Fsp3) is 0.194. The minimum Gasteiger partial charge on any atom is -0.465 e. The maximum atomic E-state index is 13.6. The topological polar surface area (TPSA) is 38.8 Å². The van der Waals surface area contributed by atoms with E-state index in [1.165, 1.54) is 0 Å². The van der Waals surface area contributed by atoms with E-state index in [4.69, 9.17) is 9.47 Å². The number of hydrogen-bond acceptors (Lipinski definition) is 4.